The zero-order valence-corrected chi connectivity index (χ0v) is 20.9. The van der Waals surface area contributed by atoms with Crippen molar-refractivity contribution < 1.29 is 19.1 Å². The monoisotopic (exact) mass is 496 g/mol. The fraction of sp³-hybridized carbons (Fsp3) is 0.138. The standard InChI is InChI=1S/C29H28N4O4/c1-32(20-27(34)30-23-10-6-4-7-11-23)28(35)17-15-22-19-33(24-12-8-5-9-13-24)31-29(22)21-14-16-25(36-2)26(18-21)37-3/h4-19H,20H2,1-3H3,(H,30,34)/b17-15+. The molecule has 0 unspecified atom stereocenters. The van der Waals surface area contributed by atoms with E-state index in [1.807, 2.05) is 72.9 Å². The molecule has 37 heavy (non-hydrogen) atoms. The van der Waals surface area contributed by atoms with Gasteiger partial charge in [-0.15, -0.1) is 0 Å². The van der Waals surface area contributed by atoms with Gasteiger partial charge in [-0.25, -0.2) is 4.68 Å². The van der Waals surface area contributed by atoms with E-state index in [-0.39, 0.29) is 18.4 Å². The fourth-order valence-corrected chi connectivity index (χ4v) is 3.73. The molecule has 0 bridgehead atoms. The number of nitrogens with zero attached hydrogens (tertiary/aromatic N) is 3. The van der Waals surface area contributed by atoms with Crippen molar-refractivity contribution in [2.45, 2.75) is 0 Å². The summed E-state index contributed by atoms with van der Waals surface area (Å²) in [6, 6.07) is 24.4. The van der Waals surface area contributed by atoms with Crippen LogP contribution in [0.5, 0.6) is 11.5 Å². The molecular weight excluding hydrogens is 468 g/mol. The summed E-state index contributed by atoms with van der Waals surface area (Å²) in [5.41, 5.74) is 3.75. The van der Waals surface area contributed by atoms with Gasteiger partial charge in [0, 0.05) is 36.1 Å². The molecule has 1 aromatic heterocycles. The van der Waals surface area contributed by atoms with Gasteiger partial charge in [-0.1, -0.05) is 36.4 Å². The van der Waals surface area contributed by atoms with Crippen LogP contribution in [0.15, 0.2) is 91.1 Å². The third-order valence-electron chi connectivity index (χ3n) is 5.64. The van der Waals surface area contributed by atoms with Crippen molar-refractivity contribution in [2.24, 2.45) is 0 Å². The van der Waals surface area contributed by atoms with Gasteiger partial charge in [0.15, 0.2) is 11.5 Å². The molecule has 2 amide bonds. The molecule has 188 valence electrons. The smallest absolute Gasteiger partial charge is 0.246 e. The van der Waals surface area contributed by atoms with Gasteiger partial charge in [-0.2, -0.15) is 5.10 Å². The highest BCUT2D eigenvalue weighted by molar-refractivity contribution is 5.98. The van der Waals surface area contributed by atoms with Crippen molar-refractivity contribution in [3.05, 3.63) is 96.7 Å². The lowest BCUT2D eigenvalue weighted by atomic mass is 10.1. The Morgan fingerprint density at radius 3 is 2.30 bits per heavy atom. The Bertz CT molecular complexity index is 1400. The van der Waals surface area contributed by atoms with Crippen molar-refractivity contribution >= 4 is 23.6 Å². The van der Waals surface area contributed by atoms with Crippen LogP contribution in [0.2, 0.25) is 0 Å². The Morgan fingerprint density at radius 2 is 1.62 bits per heavy atom. The first-order valence-electron chi connectivity index (χ1n) is 11.6. The average molecular weight is 497 g/mol. The Kier molecular flexibility index (Phi) is 8.00. The van der Waals surface area contributed by atoms with E-state index in [0.29, 0.717) is 22.9 Å². The van der Waals surface area contributed by atoms with Crippen molar-refractivity contribution in [2.75, 3.05) is 33.1 Å². The van der Waals surface area contributed by atoms with Gasteiger partial charge in [-0.3, -0.25) is 9.59 Å². The first kappa shape index (κ1) is 25.2. The largest absolute Gasteiger partial charge is 0.493 e. The second kappa shape index (κ2) is 11.7. The van der Waals surface area contributed by atoms with E-state index in [1.165, 1.54) is 11.0 Å². The number of carbonyl (C=O) groups is 2. The number of anilines is 1. The average Bonchev–Trinajstić information content (AvgIpc) is 3.36. The number of benzene rings is 3. The fourth-order valence-electron chi connectivity index (χ4n) is 3.73. The third kappa shape index (κ3) is 6.24. The van der Waals surface area contributed by atoms with Crippen molar-refractivity contribution in [3.8, 4) is 28.4 Å². The van der Waals surface area contributed by atoms with Crippen LogP contribution in [0, 0.1) is 0 Å². The Labute approximate surface area is 215 Å². The molecule has 3 aromatic carbocycles. The maximum atomic E-state index is 12.8. The molecule has 0 aliphatic rings. The highest BCUT2D eigenvalue weighted by Gasteiger charge is 2.15. The van der Waals surface area contributed by atoms with Crippen LogP contribution in [-0.2, 0) is 9.59 Å². The van der Waals surface area contributed by atoms with Crippen LogP contribution in [0.1, 0.15) is 5.56 Å². The van der Waals surface area contributed by atoms with E-state index in [1.54, 1.807) is 44.2 Å². The number of para-hydroxylation sites is 2. The molecule has 0 spiro atoms. The number of ether oxygens (including phenoxy) is 2. The zero-order valence-electron chi connectivity index (χ0n) is 20.9. The number of aromatic nitrogens is 2. The van der Waals surface area contributed by atoms with Crippen molar-refractivity contribution in [3.63, 3.8) is 0 Å². The first-order valence-corrected chi connectivity index (χ1v) is 11.6. The topological polar surface area (TPSA) is 85.7 Å². The molecule has 0 aliphatic carbocycles. The molecular formula is C29H28N4O4. The van der Waals surface area contributed by atoms with E-state index < -0.39 is 0 Å². The highest BCUT2D eigenvalue weighted by atomic mass is 16.5. The van der Waals surface area contributed by atoms with Crippen LogP contribution >= 0.6 is 0 Å². The second-order valence-corrected chi connectivity index (χ2v) is 8.22. The normalized spacial score (nSPS) is 10.8. The minimum Gasteiger partial charge on any atom is -0.493 e. The van der Waals surface area contributed by atoms with Gasteiger partial charge in [0.2, 0.25) is 11.8 Å². The van der Waals surface area contributed by atoms with E-state index in [4.69, 9.17) is 14.6 Å². The SMILES string of the molecule is COc1ccc(-c2nn(-c3ccccc3)cc2/C=C/C(=O)N(C)CC(=O)Nc2ccccc2)cc1OC. The van der Waals surface area contributed by atoms with Gasteiger partial charge < -0.3 is 19.7 Å². The van der Waals surface area contributed by atoms with Gasteiger partial charge in [0.1, 0.15) is 5.69 Å². The second-order valence-electron chi connectivity index (χ2n) is 8.22. The Hall–Kier alpha value is -4.85. The zero-order chi connectivity index (χ0) is 26.2. The summed E-state index contributed by atoms with van der Waals surface area (Å²) >= 11 is 0. The van der Waals surface area contributed by atoms with Gasteiger partial charge >= 0.3 is 0 Å². The first-order chi connectivity index (χ1) is 18.0. The van der Waals surface area contributed by atoms with Gasteiger partial charge in [0.25, 0.3) is 0 Å². The Balaban J connectivity index is 1.58. The molecule has 1 heterocycles. The van der Waals surface area contributed by atoms with Crippen LogP contribution in [0.3, 0.4) is 0 Å². The summed E-state index contributed by atoms with van der Waals surface area (Å²) in [5, 5.41) is 7.56. The molecule has 8 heteroatoms. The van der Waals surface area contributed by atoms with Crippen molar-refractivity contribution in [1.82, 2.24) is 14.7 Å². The quantitative estimate of drug-likeness (QED) is 0.341. The van der Waals surface area contributed by atoms with Gasteiger partial charge in [-0.05, 0) is 48.5 Å². The number of carbonyl (C=O) groups excluding carboxylic acids is 2. The molecule has 0 aliphatic heterocycles. The van der Waals surface area contributed by atoms with E-state index in [9.17, 15) is 9.59 Å². The summed E-state index contributed by atoms with van der Waals surface area (Å²) in [5.74, 6) is 0.591. The lowest BCUT2D eigenvalue weighted by Crippen LogP contribution is -2.33. The number of rotatable bonds is 9. The molecule has 0 fully saturated rings. The molecule has 0 radical (unpaired) electrons. The number of amides is 2. The minimum atomic E-state index is -0.311. The van der Waals surface area contributed by atoms with Crippen LogP contribution in [0.4, 0.5) is 5.69 Å². The van der Waals surface area contributed by atoms with Gasteiger partial charge in [0.05, 0.1) is 26.5 Å². The molecule has 4 aromatic rings. The summed E-state index contributed by atoms with van der Waals surface area (Å²) in [6.07, 6.45) is 4.99. The maximum Gasteiger partial charge on any atom is 0.246 e. The maximum absolute atomic E-state index is 12.8. The van der Waals surface area contributed by atoms with Crippen LogP contribution < -0.4 is 14.8 Å². The van der Waals surface area contributed by atoms with E-state index >= 15 is 0 Å². The van der Waals surface area contributed by atoms with Crippen molar-refractivity contribution in [1.29, 1.82) is 0 Å². The predicted molar refractivity (Wildman–Crippen MR) is 144 cm³/mol. The summed E-state index contributed by atoms with van der Waals surface area (Å²) in [7, 11) is 4.74. The Morgan fingerprint density at radius 1 is 0.946 bits per heavy atom. The van der Waals surface area contributed by atoms with E-state index in [2.05, 4.69) is 5.32 Å². The number of hydrogen-bond acceptors (Lipinski definition) is 5. The number of methoxy groups -OCH3 is 2. The summed E-state index contributed by atoms with van der Waals surface area (Å²) < 4.78 is 12.6. The summed E-state index contributed by atoms with van der Waals surface area (Å²) in [4.78, 5) is 26.5. The predicted octanol–water partition coefficient (Wildman–Crippen LogP) is 4.67. The highest BCUT2D eigenvalue weighted by Crippen LogP contribution is 2.33. The molecule has 0 saturated heterocycles. The summed E-state index contributed by atoms with van der Waals surface area (Å²) in [6.45, 7) is -0.0795. The minimum absolute atomic E-state index is 0.0795. The van der Waals surface area contributed by atoms with E-state index in [0.717, 1.165) is 16.8 Å². The van der Waals surface area contributed by atoms with Crippen LogP contribution in [0.25, 0.3) is 23.0 Å². The lowest BCUT2D eigenvalue weighted by Gasteiger charge is -2.14. The molecule has 0 saturated carbocycles. The van der Waals surface area contributed by atoms with Crippen LogP contribution in [-0.4, -0.2) is 54.3 Å². The third-order valence-corrected chi connectivity index (χ3v) is 5.64. The lowest BCUT2D eigenvalue weighted by molar-refractivity contribution is -0.129. The molecule has 1 N–H and O–H groups in total. The molecule has 0 atom stereocenters. The number of hydrogen-bond donors (Lipinski definition) is 1. The number of likely N-dealkylation sites (N-methyl/N-ethyl adjacent to an activating group) is 1. The number of nitrogens with one attached hydrogen (secondary N) is 1. The molecule has 4 rings (SSSR count). The molecule has 8 nitrogen and oxygen atoms in total.